The van der Waals surface area contributed by atoms with E-state index in [0.29, 0.717) is 23.9 Å². The summed E-state index contributed by atoms with van der Waals surface area (Å²) in [6, 6.07) is 0. The standard InChI is InChI=1S/C9H12N6OS/c1-16-7-8(13-5-14-9(7)15-10)12-4-6-11-2-3-17-6/h2-3,5H,4,10H2,1H3,(H2,12,13,14,15). The van der Waals surface area contributed by atoms with E-state index in [2.05, 4.69) is 25.7 Å². The highest BCUT2D eigenvalue weighted by Crippen LogP contribution is 2.28. The van der Waals surface area contributed by atoms with Crippen molar-refractivity contribution < 1.29 is 4.74 Å². The molecule has 4 N–H and O–H groups in total. The van der Waals surface area contributed by atoms with E-state index in [0.717, 1.165) is 5.01 Å². The Morgan fingerprint density at radius 1 is 1.35 bits per heavy atom. The smallest absolute Gasteiger partial charge is 0.205 e. The Labute approximate surface area is 102 Å². The summed E-state index contributed by atoms with van der Waals surface area (Å²) < 4.78 is 5.19. The molecule has 2 rings (SSSR count). The molecule has 2 aromatic rings. The number of thiazole rings is 1. The number of nitrogen functional groups attached to an aromatic ring is 1. The zero-order valence-electron chi connectivity index (χ0n) is 9.17. The number of hydrazine groups is 1. The van der Waals surface area contributed by atoms with Crippen LogP contribution in [0.4, 0.5) is 11.6 Å². The predicted octanol–water partition coefficient (Wildman–Crippen LogP) is 0.839. The van der Waals surface area contributed by atoms with Gasteiger partial charge in [-0.25, -0.2) is 20.8 Å². The summed E-state index contributed by atoms with van der Waals surface area (Å²) in [5.41, 5.74) is 2.45. The van der Waals surface area contributed by atoms with E-state index in [-0.39, 0.29) is 0 Å². The van der Waals surface area contributed by atoms with E-state index >= 15 is 0 Å². The number of aromatic nitrogens is 3. The first-order chi connectivity index (χ1) is 8.35. The van der Waals surface area contributed by atoms with Crippen molar-refractivity contribution in [1.29, 1.82) is 0 Å². The highest BCUT2D eigenvalue weighted by molar-refractivity contribution is 7.09. The van der Waals surface area contributed by atoms with Crippen LogP contribution in [0.1, 0.15) is 5.01 Å². The van der Waals surface area contributed by atoms with Gasteiger partial charge < -0.3 is 15.5 Å². The van der Waals surface area contributed by atoms with Gasteiger partial charge in [0.15, 0.2) is 11.6 Å². The molecule has 0 spiro atoms. The number of nitrogens with zero attached hydrogens (tertiary/aromatic N) is 3. The molecule has 2 aromatic heterocycles. The third-order valence-corrected chi connectivity index (χ3v) is 2.81. The molecule has 0 aliphatic carbocycles. The number of ether oxygens (including phenoxy) is 1. The van der Waals surface area contributed by atoms with Crippen LogP contribution in [-0.4, -0.2) is 22.1 Å². The molecule has 0 atom stereocenters. The number of hydrogen-bond donors (Lipinski definition) is 3. The zero-order chi connectivity index (χ0) is 12.1. The number of anilines is 2. The molecule has 17 heavy (non-hydrogen) atoms. The SMILES string of the molecule is COc1c(NN)ncnc1NCc1nccs1. The van der Waals surface area contributed by atoms with Gasteiger partial charge >= 0.3 is 0 Å². The first-order valence-corrected chi connectivity index (χ1v) is 5.71. The van der Waals surface area contributed by atoms with Gasteiger partial charge in [-0.05, 0) is 0 Å². The molecule has 0 unspecified atom stereocenters. The summed E-state index contributed by atoms with van der Waals surface area (Å²) in [5.74, 6) is 6.81. The van der Waals surface area contributed by atoms with Crippen LogP contribution < -0.4 is 21.3 Å². The largest absolute Gasteiger partial charge is 0.490 e. The lowest BCUT2D eigenvalue weighted by Crippen LogP contribution is -2.12. The molecule has 0 radical (unpaired) electrons. The molecule has 0 saturated heterocycles. The summed E-state index contributed by atoms with van der Waals surface area (Å²) in [6.07, 6.45) is 3.16. The van der Waals surface area contributed by atoms with Gasteiger partial charge in [-0.1, -0.05) is 0 Å². The van der Waals surface area contributed by atoms with E-state index in [9.17, 15) is 0 Å². The van der Waals surface area contributed by atoms with Gasteiger partial charge in [0, 0.05) is 11.6 Å². The first kappa shape index (κ1) is 11.6. The lowest BCUT2D eigenvalue weighted by molar-refractivity contribution is 0.414. The van der Waals surface area contributed by atoms with E-state index in [1.165, 1.54) is 13.4 Å². The maximum absolute atomic E-state index is 5.33. The van der Waals surface area contributed by atoms with Crippen molar-refractivity contribution in [2.75, 3.05) is 17.9 Å². The monoisotopic (exact) mass is 252 g/mol. The minimum atomic E-state index is 0.434. The third kappa shape index (κ3) is 2.60. The summed E-state index contributed by atoms with van der Waals surface area (Å²) in [5, 5.41) is 6.00. The van der Waals surface area contributed by atoms with E-state index in [4.69, 9.17) is 10.6 Å². The van der Waals surface area contributed by atoms with Crippen molar-refractivity contribution >= 4 is 23.0 Å². The average molecular weight is 252 g/mol. The maximum atomic E-state index is 5.33. The lowest BCUT2D eigenvalue weighted by Gasteiger charge is -2.11. The van der Waals surface area contributed by atoms with Crippen LogP contribution in [0.2, 0.25) is 0 Å². The summed E-state index contributed by atoms with van der Waals surface area (Å²) >= 11 is 1.57. The highest BCUT2D eigenvalue weighted by Gasteiger charge is 2.10. The molecule has 8 heteroatoms. The van der Waals surface area contributed by atoms with Gasteiger partial charge in [0.2, 0.25) is 5.75 Å². The number of methoxy groups -OCH3 is 1. The lowest BCUT2D eigenvalue weighted by atomic mass is 10.4. The zero-order valence-corrected chi connectivity index (χ0v) is 9.99. The predicted molar refractivity (Wildman–Crippen MR) is 65.8 cm³/mol. The minimum absolute atomic E-state index is 0.434. The number of nitrogens with two attached hydrogens (primary N) is 1. The van der Waals surface area contributed by atoms with E-state index in [1.54, 1.807) is 17.5 Å². The van der Waals surface area contributed by atoms with Crippen molar-refractivity contribution in [3.63, 3.8) is 0 Å². The molecule has 0 aliphatic heterocycles. The molecule has 0 aliphatic rings. The maximum Gasteiger partial charge on any atom is 0.205 e. The van der Waals surface area contributed by atoms with Gasteiger partial charge in [0.1, 0.15) is 11.3 Å². The van der Waals surface area contributed by atoms with Crippen molar-refractivity contribution in [2.24, 2.45) is 5.84 Å². The van der Waals surface area contributed by atoms with E-state index in [1.807, 2.05) is 5.38 Å². The highest BCUT2D eigenvalue weighted by atomic mass is 32.1. The number of hydrogen-bond acceptors (Lipinski definition) is 8. The summed E-state index contributed by atoms with van der Waals surface area (Å²) in [7, 11) is 1.54. The average Bonchev–Trinajstić information content (AvgIpc) is 2.88. The second-order valence-corrected chi connectivity index (χ2v) is 4.01. The molecule has 0 aromatic carbocycles. The fourth-order valence-electron chi connectivity index (χ4n) is 1.30. The van der Waals surface area contributed by atoms with Crippen LogP contribution in [0, 0.1) is 0 Å². The quantitative estimate of drug-likeness (QED) is 0.535. The van der Waals surface area contributed by atoms with Gasteiger partial charge in [0.25, 0.3) is 0 Å². The first-order valence-electron chi connectivity index (χ1n) is 4.83. The fourth-order valence-corrected chi connectivity index (χ4v) is 1.85. The summed E-state index contributed by atoms with van der Waals surface area (Å²) in [6.45, 7) is 0.578. The van der Waals surface area contributed by atoms with Crippen molar-refractivity contribution in [1.82, 2.24) is 15.0 Å². The van der Waals surface area contributed by atoms with Crippen LogP contribution in [0.5, 0.6) is 5.75 Å². The van der Waals surface area contributed by atoms with Crippen LogP contribution in [-0.2, 0) is 6.54 Å². The van der Waals surface area contributed by atoms with Gasteiger partial charge in [-0.3, -0.25) is 0 Å². The molecule has 90 valence electrons. The van der Waals surface area contributed by atoms with Gasteiger partial charge in [0.05, 0.1) is 13.7 Å². The Kier molecular flexibility index (Phi) is 3.68. The third-order valence-electron chi connectivity index (χ3n) is 2.04. The summed E-state index contributed by atoms with van der Waals surface area (Å²) in [4.78, 5) is 12.2. The molecular formula is C9H12N6OS. The van der Waals surface area contributed by atoms with Crippen molar-refractivity contribution in [2.45, 2.75) is 6.54 Å². The van der Waals surface area contributed by atoms with Crippen LogP contribution in [0.15, 0.2) is 17.9 Å². The molecular weight excluding hydrogens is 240 g/mol. The molecule has 0 saturated carbocycles. The Morgan fingerprint density at radius 2 is 2.18 bits per heavy atom. The van der Waals surface area contributed by atoms with Crippen molar-refractivity contribution in [3.8, 4) is 5.75 Å². The Balaban J connectivity index is 2.14. The second kappa shape index (κ2) is 5.41. The molecule has 7 nitrogen and oxygen atoms in total. The Hall–Kier alpha value is -1.93. The van der Waals surface area contributed by atoms with Gasteiger partial charge in [-0.2, -0.15) is 0 Å². The minimum Gasteiger partial charge on any atom is -0.490 e. The second-order valence-electron chi connectivity index (χ2n) is 3.03. The topological polar surface area (TPSA) is 98.0 Å². The van der Waals surface area contributed by atoms with Crippen molar-refractivity contribution in [3.05, 3.63) is 22.9 Å². The normalized spacial score (nSPS) is 10.0. The van der Waals surface area contributed by atoms with E-state index < -0.39 is 0 Å². The molecule has 0 fully saturated rings. The number of rotatable bonds is 5. The van der Waals surface area contributed by atoms with Gasteiger partial charge in [-0.15, -0.1) is 11.3 Å². The molecule has 0 amide bonds. The molecule has 2 heterocycles. The molecule has 0 bridgehead atoms. The fraction of sp³-hybridized carbons (Fsp3) is 0.222. The van der Waals surface area contributed by atoms with Crippen LogP contribution in [0.25, 0.3) is 0 Å². The Bertz CT molecular complexity index is 474. The Morgan fingerprint density at radius 3 is 2.82 bits per heavy atom. The number of nitrogens with one attached hydrogen (secondary N) is 2. The van der Waals surface area contributed by atoms with Crippen LogP contribution >= 0.6 is 11.3 Å². The van der Waals surface area contributed by atoms with Crippen LogP contribution in [0.3, 0.4) is 0 Å².